The molecule has 3 unspecified atom stereocenters. The van der Waals surface area contributed by atoms with Crippen molar-refractivity contribution in [3.8, 4) is 0 Å². The lowest BCUT2D eigenvalue weighted by atomic mass is 10.0. The number of likely N-dealkylation sites (N-methyl/N-ethyl adjacent to an activating group) is 1. The van der Waals surface area contributed by atoms with E-state index in [0.717, 1.165) is 89.9 Å². The maximum absolute atomic E-state index is 13.0. The topological polar surface area (TPSA) is 108 Å². The molecule has 0 aromatic heterocycles. The molecule has 0 aliphatic heterocycles. The number of phosphoric acid groups is 1. The van der Waals surface area contributed by atoms with Gasteiger partial charge in [-0.2, -0.15) is 0 Å². The van der Waals surface area contributed by atoms with Gasteiger partial charge >= 0.3 is 0 Å². The molecule has 474 valence electrons. The highest BCUT2D eigenvalue weighted by Gasteiger charge is 2.23. The number of hydrogen-bond acceptors (Lipinski definition) is 6. The van der Waals surface area contributed by atoms with Gasteiger partial charge in [0, 0.05) is 6.42 Å². The van der Waals surface area contributed by atoms with Gasteiger partial charge in [-0.3, -0.25) is 9.36 Å². The van der Waals surface area contributed by atoms with Crippen LogP contribution in [0.4, 0.5) is 0 Å². The highest BCUT2D eigenvalue weighted by atomic mass is 31.2. The average Bonchev–Trinajstić information content (AvgIpc) is 3.46. The second kappa shape index (κ2) is 62.7. The van der Waals surface area contributed by atoms with E-state index in [9.17, 15) is 19.4 Å². The van der Waals surface area contributed by atoms with Crippen LogP contribution in [0.5, 0.6) is 0 Å². The van der Waals surface area contributed by atoms with E-state index in [1.165, 1.54) is 186 Å². The Balaban J connectivity index is 4.07. The number of carbonyl (C=O) groups excluding carboxylic acids is 1. The largest absolute Gasteiger partial charge is 0.756 e. The van der Waals surface area contributed by atoms with Gasteiger partial charge < -0.3 is 28.8 Å². The number of aliphatic hydroxyl groups is 1. The quantitative estimate of drug-likeness (QED) is 0.0272. The van der Waals surface area contributed by atoms with Crippen molar-refractivity contribution < 1.29 is 32.9 Å². The smallest absolute Gasteiger partial charge is 0.268 e. The number of hydrogen-bond donors (Lipinski definition) is 2. The zero-order valence-electron chi connectivity index (χ0n) is 54.2. The molecule has 8 nitrogen and oxygen atoms in total. The van der Waals surface area contributed by atoms with Crippen LogP contribution in [-0.4, -0.2) is 68.5 Å². The van der Waals surface area contributed by atoms with Crippen LogP contribution in [0.2, 0.25) is 0 Å². The Morgan fingerprint density at radius 1 is 0.439 bits per heavy atom. The minimum atomic E-state index is -4.61. The molecule has 0 saturated carbocycles. The van der Waals surface area contributed by atoms with E-state index in [2.05, 4.69) is 116 Å². The Morgan fingerprint density at radius 3 is 1.09 bits per heavy atom. The molecular weight excluding hydrogens is 1030 g/mol. The van der Waals surface area contributed by atoms with Crippen LogP contribution in [0, 0.1) is 0 Å². The molecule has 0 aliphatic rings. The first kappa shape index (κ1) is 79.2. The van der Waals surface area contributed by atoms with E-state index >= 15 is 0 Å². The summed E-state index contributed by atoms with van der Waals surface area (Å²) < 4.78 is 23.4. The van der Waals surface area contributed by atoms with Crippen molar-refractivity contribution in [2.24, 2.45) is 0 Å². The molecule has 82 heavy (non-hydrogen) atoms. The summed E-state index contributed by atoms with van der Waals surface area (Å²) in [6.07, 6.45) is 91.9. The molecule has 0 fully saturated rings. The van der Waals surface area contributed by atoms with Crippen LogP contribution >= 0.6 is 7.82 Å². The Labute approximate surface area is 508 Å². The van der Waals surface area contributed by atoms with Gasteiger partial charge in [0.2, 0.25) is 5.91 Å². The van der Waals surface area contributed by atoms with Gasteiger partial charge in [-0.25, -0.2) is 0 Å². The SMILES string of the molecule is CC/C=C\C/C=C\C/C=C\C/C=C\C/C=C\C/C=C\C/C=C\C/C=C\CCCCCCCCCCCCCCCCC(=O)NC(COP(=O)([O-])OCC[N+](C)(C)C)C(O)/C=C/CCCCCCCCCCCCCCCCCCCCC. The summed E-state index contributed by atoms with van der Waals surface area (Å²) in [6.45, 7) is 4.56. The van der Waals surface area contributed by atoms with E-state index in [0.29, 0.717) is 17.4 Å². The number of aliphatic hydroxyl groups excluding tert-OH is 1. The first-order valence-corrected chi connectivity index (χ1v) is 35.7. The summed E-state index contributed by atoms with van der Waals surface area (Å²) in [7, 11) is 1.26. The number of nitrogens with zero attached hydrogens (tertiary/aromatic N) is 1. The van der Waals surface area contributed by atoms with E-state index in [4.69, 9.17) is 9.05 Å². The second-order valence-electron chi connectivity index (χ2n) is 24.2. The van der Waals surface area contributed by atoms with Gasteiger partial charge in [-0.05, 0) is 83.5 Å². The number of carbonyl (C=O) groups is 1. The van der Waals surface area contributed by atoms with Crippen LogP contribution in [0.1, 0.15) is 296 Å². The van der Waals surface area contributed by atoms with Gasteiger partial charge in [0.25, 0.3) is 7.82 Å². The normalized spacial score (nSPS) is 14.4. The first-order chi connectivity index (χ1) is 40.0. The fourth-order valence-corrected chi connectivity index (χ4v) is 10.4. The van der Waals surface area contributed by atoms with Gasteiger partial charge in [-0.15, -0.1) is 0 Å². The molecule has 0 aromatic carbocycles. The molecule has 2 N–H and O–H groups in total. The Bertz CT molecular complexity index is 1700. The van der Waals surface area contributed by atoms with Crippen LogP contribution in [0.25, 0.3) is 0 Å². The van der Waals surface area contributed by atoms with Crippen molar-refractivity contribution in [3.63, 3.8) is 0 Å². The Morgan fingerprint density at radius 2 is 0.744 bits per heavy atom. The monoisotopic (exact) mass is 1160 g/mol. The van der Waals surface area contributed by atoms with Gasteiger partial charge in [-0.1, -0.05) is 316 Å². The van der Waals surface area contributed by atoms with Crippen molar-refractivity contribution in [3.05, 3.63) is 109 Å². The molecule has 0 saturated heterocycles. The molecule has 3 atom stereocenters. The Hall–Kier alpha value is -2.84. The van der Waals surface area contributed by atoms with Crippen LogP contribution in [0.15, 0.2) is 109 Å². The zero-order valence-corrected chi connectivity index (χ0v) is 55.1. The van der Waals surface area contributed by atoms with Crippen LogP contribution in [-0.2, 0) is 18.4 Å². The van der Waals surface area contributed by atoms with E-state index < -0.39 is 20.0 Å². The number of phosphoric ester groups is 1. The van der Waals surface area contributed by atoms with E-state index in [1.54, 1.807) is 6.08 Å². The number of unbranched alkanes of at least 4 members (excludes halogenated alkanes) is 33. The number of nitrogens with one attached hydrogen (secondary N) is 1. The summed E-state index contributed by atoms with van der Waals surface area (Å²) in [5, 5.41) is 13.9. The van der Waals surface area contributed by atoms with Crippen LogP contribution in [0.3, 0.4) is 0 Å². The van der Waals surface area contributed by atoms with Gasteiger partial charge in [0.05, 0.1) is 39.9 Å². The summed E-state index contributed by atoms with van der Waals surface area (Å²) >= 11 is 0. The van der Waals surface area contributed by atoms with Crippen molar-refractivity contribution >= 4 is 13.7 Å². The molecule has 0 heterocycles. The standard InChI is InChI=1S/C73H131N2O6P/c1-6-8-10-12-14-16-18-20-22-24-26-28-29-30-31-32-33-34-35-36-37-38-39-40-41-42-43-44-45-47-49-51-53-55-57-59-61-63-65-67-73(77)74-71(70-81-82(78,79)80-69-68-75(3,4)5)72(76)66-64-62-60-58-56-54-52-50-48-46-27-25-23-21-19-17-15-13-11-9-7-2/h8,10,14,16,20,22,26,28,30-31,33-34,36-37,39-40,64,66,71-72,76H,6-7,9,11-13,15,17-19,21,23-25,27,29,32,35,38,41-63,65,67-70H2,1-5H3,(H-,74,77,78,79)/b10-8-,16-14-,22-20-,28-26-,31-30-,34-33-,37-36-,40-39-,66-64+. The summed E-state index contributed by atoms with van der Waals surface area (Å²) in [5.74, 6) is -0.198. The van der Waals surface area contributed by atoms with E-state index in [1.807, 2.05) is 27.2 Å². The molecule has 0 bridgehead atoms. The zero-order chi connectivity index (χ0) is 59.8. The van der Waals surface area contributed by atoms with Crippen molar-refractivity contribution in [1.82, 2.24) is 5.32 Å². The first-order valence-electron chi connectivity index (χ1n) is 34.2. The molecule has 0 aliphatic carbocycles. The highest BCUT2D eigenvalue weighted by Crippen LogP contribution is 2.38. The molecule has 1 amide bonds. The lowest BCUT2D eigenvalue weighted by Gasteiger charge is -2.29. The minimum absolute atomic E-state index is 0.00397. The molecule has 0 spiro atoms. The number of amides is 1. The van der Waals surface area contributed by atoms with Crippen LogP contribution < -0.4 is 10.2 Å². The molecule has 0 aromatic rings. The molecule has 0 radical (unpaired) electrons. The summed E-state index contributed by atoms with van der Waals surface area (Å²) in [6, 6.07) is -0.893. The number of rotatable bonds is 62. The average molecular weight is 1160 g/mol. The number of quaternary nitrogens is 1. The van der Waals surface area contributed by atoms with Crippen molar-refractivity contribution in [2.75, 3.05) is 40.9 Å². The van der Waals surface area contributed by atoms with Crippen molar-refractivity contribution in [2.45, 2.75) is 309 Å². The molecular formula is C73H131N2O6P. The lowest BCUT2D eigenvalue weighted by molar-refractivity contribution is -0.870. The highest BCUT2D eigenvalue weighted by molar-refractivity contribution is 7.45. The van der Waals surface area contributed by atoms with Crippen molar-refractivity contribution in [1.29, 1.82) is 0 Å². The third kappa shape index (κ3) is 64.7. The third-order valence-electron chi connectivity index (χ3n) is 15.0. The minimum Gasteiger partial charge on any atom is -0.756 e. The summed E-state index contributed by atoms with van der Waals surface area (Å²) in [5.41, 5.74) is 0. The fraction of sp³-hybridized carbons (Fsp3) is 0.740. The molecule has 0 rings (SSSR count). The fourth-order valence-electron chi connectivity index (χ4n) is 9.70. The Kier molecular flexibility index (Phi) is 60.5. The summed E-state index contributed by atoms with van der Waals surface area (Å²) in [4.78, 5) is 25.6. The number of allylic oxidation sites excluding steroid dienone is 17. The van der Waals surface area contributed by atoms with Gasteiger partial charge in [0.15, 0.2) is 0 Å². The predicted molar refractivity (Wildman–Crippen MR) is 357 cm³/mol. The predicted octanol–water partition coefficient (Wildman–Crippen LogP) is 21.2. The second-order valence-corrected chi connectivity index (χ2v) is 25.6. The van der Waals surface area contributed by atoms with Gasteiger partial charge in [0.1, 0.15) is 13.2 Å². The van der Waals surface area contributed by atoms with E-state index in [-0.39, 0.29) is 19.1 Å². The third-order valence-corrected chi connectivity index (χ3v) is 16.0. The lowest BCUT2D eigenvalue weighted by Crippen LogP contribution is -2.45. The maximum atomic E-state index is 13.0. The maximum Gasteiger partial charge on any atom is 0.268 e. The molecule has 9 heteroatoms.